The molecule has 0 amide bonds. The van der Waals surface area contributed by atoms with E-state index in [1.165, 1.54) is 0 Å². The Kier molecular flexibility index (Phi) is 7.15. The molecular weight excluding hydrogens is 272 g/mol. The van der Waals surface area contributed by atoms with Crippen molar-refractivity contribution in [2.75, 3.05) is 26.4 Å². The summed E-state index contributed by atoms with van der Waals surface area (Å²) in [5.41, 5.74) is -1.10. The molecule has 0 radical (unpaired) electrons. The van der Waals surface area contributed by atoms with E-state index in [9.17, 15) is 9.90 Å². The minimum absolute atomic E-state index is 0.110. The van der Waals surface area contributed by atoms with Gasteiger partial charge in [0.2, 0.25) is 0 Å². The van der Waals surface area contributed by atoms with Crippen molar-refractivity contribution in [1.82, 2.24) is 0 Å². The van der Waals surface area contributed by atoms with Gasteiger partial charge in [0.15, 0.2) is 0 Å². The number of hydrogen-bond acceptors (Lipinski definition) is 8. The normalized spacial score (nSPS) is 15.6. The fourth-order valence-electron chi connectivity index (χ4n) is 1.05. The highest BCUT2D eigenvalue weighted by Crippen LogP contribution is 2.45. The monoisotopic (exact) mass is 288 g/mol. The van der Waals surface area contributed by atoms with Gasteiger partial charge in [-0.1, -0.05) is 0 Å². The Morgan fingerprint density at radius 2 is 1.75 bits per heavy atom. The number of ether oxygens (including phenoxy) is 1. The Bertz CT molecular complexity index is 230. The van der Waals surface area contributed by atoms with Gasteiger partial charge in [0, 0.05) is 6.61 Å². The molecule has 0 saturated carbocycles. The van der Waals surface area contributed by atoms with E-state index >= 15 is 0 Å². The molecule has 3 N–H and O–H groups in total. The van der Waals surface area contributed by atoms with Crippen LogP contribution in [-0.4, -0.2) is 51.1 Å². The van der Waals surface area contributed by atoms with Crippen molar-refractivity contribution in [2.24, 2.45) is 5.41 Å². The summed E-state index contributed by atoms with van der Waals surface area (Å²) in [6.07, 6.45) is 0.110. The number of carbonyl (C=O) groups is 1. The van der Waals surface area contributed by atoms with E-state index in [0.29, 0.717) is 0 Å². The molecule has 0 rings (SSSR count). The van der Waals surface area contributed by atoms with Crippen molar-refractivity contribution in [2.45, 2.75) is 9.83 Å². The summed E-state index contributed by atoms with van der Waals surface area (Å²) in [6, 6.07) is 0. The van der Waals surface area contributed by atoms with Crippen molar-refractivity contribution < 1.29 is 24.9 Å². The zero-order valence-electron chi connectivity index (χ0n) is 8.54. The van der Waals surface area contributed by atoms with E-state index < -0.39 is 28.0 Å². The van der Waals surface area contributed by atoms with Gasteiger partial charge in [-0.15, -0.1) is 0 Å². The Balaban J connectivity index is 4.71. The van der Waals surface area contributed by atoms with E-state index in [2.05, 4.69) is 37.9 Å². The van der Waals surface area contributed by atoms with Crippen molar-refractivity contribution in [3.05, 3.63) is 0 Å². The zero-order chi connectivity index (χ0) is 12.8. The van der Waals surface area contributed by atoms with Crippen molar-refractivity contribution in [3.8, 4) is 0 Å². The molecule has 96 valence electrons. The number of aliphatic hydroxyl groups is 3. The average molecular weight is 288 g/mol. The fraction of sp³-hybridized carbons (Fsp3) is 0.875. The Hall–Kier alpha value is 0.400. The van der Waals surface area contributed by atoms with Crippen LogP contribution in [0.1, 0.15) is 6.42 Å². The van der Waals surface area contributed by atoms with Crippen LogP contribution in [0.2, 0.25) is 0 Å². The van der Waals surface area contributed by atoms with E-state index in [4.69, 9.17) is 14.9 Å². The summed E-state index contributed by atoms with van der Waals surface area (Å²) >= 11 is 12.3. The lowest BCUT2D eigenvalue weighted by atomic mass is 9.88. The van der Waals surface area contributed by atoms with Crippen LogP contribution < -0.4 is 0 Å². The third kappa shape index (κ3) is 4.34. The molecule has 0 aromatic carbocycles. The van der Waals surface area contributed by atoms with Crippen LogP contribution in [-0.2, 0) is 9.53 Å². The van der Waals surface area contributed by atoms with Crippen LogP contribution in [0, 0.1) is 5.41 Å². The summed E-state index contributed by atoms with van der Waals surface area (Å²) < 4.78 is 3.48. The van der Waals surface area contributed by atoms with Gasteiger partial charge >= 0.3 is 5.97 Å². The van der Waals surface area contributed by atoms with Gasteiger partial charge in [-0.25, -0.2) is 4.79 Å². The lowest BCUT2D eigenvalue weighted by molar-refractivity contribution is -0.151. The number of esters is 1. The molecule has 1 atom stereocenters. The van der Waals surface area contributed by atoms with Crippen LogP contribution in [0.15, 0.2) is 0 Å². The second kappa shape index (κ2) is 6.97. The summed E-state index contributed by atoms with van der Waals surface area (Å²) in [5.74, 6) is -0.824. The van der Waals surface area contributed by atoms with Gasteiger partial charge in [-0.3, -0.25) is 0 Å². The molecular formula is C8H16O5S3. The number of rotatable bonds is 7. The predicted octanol–water partition coefficient (Wildman–Crippen LogP) is -0.674. The molecule has 8 heteroatoms. The number of carbonyl (C=O) groups excluding carboxylic acids is 1. The number of aliphatic hydroxyl groups excluding tert-OH is 3. The van der Waals surface area contributed by atoms with Crippen LogP contribution in [0.4, 0.5) is 0 Å². The molecule has 5 nitrogen and oxygen atoms in total. The smallest absolute Gasteiger partial charge is 0.331 e. The van der Waals surface area contributed by atoms with Crippen LogP contribution in [0.25, 0.3) is 0 Å². The van der Waals surface area contributed by atoms with Crippen LogP contribution in [0.5, 0.6) is 0 Å². The summed E-state index contributed by atoms with van der Waals surface area (Å²) in [5, 5.41) is 26.7. The average Bonchev–Trinajstić information content (AvgIpc) is 2.21. The molecule has 0 aliphatic rings. The summed E-state index contributed by atoms with van der Waals surface area (Å²) in [7, 11) is 0. The highest BCUT2D eigenvalue weighted by molar-refractivity contribution is 8.17. The highest BCUT2D eigenvalue weighted by atomic mass is 32.2. The second-order valence-corrected chi connectivity index (χ2v) is 6.44. The molecule has 1 unspecified atom stereocenters. The molecule has 0 heterocycles. The Labute approximate surface area is 110 Å². The standard InChI is InChI=1S/C8H16O5S3/c9-2-1-7(4-11,8(14,15)16)5-13-6(12)3-10/h9-11,14-16H,1-5H2. The van der Waals surface area contributed by atoms with Crippen molar-refractivity contribution in [3.63, 3.8) is 0 Å². The number of hydrogen-bond donors (Lipinski definition) is 6. The molecule has 16 heavy (non-hydrogen) atoms. The van der Waals surface area contributed by atoms with Gasteiger partial charge in [0.1, 0.15) is 16.6 Å². The number of thiol groups is 3. The van der Waals surface area contributed by atoms with Gasteiger partial charge in [-0.2, -0.15) is 37.9 Å². The van der Waals surface area contributed by atoms with Crippen LogP contribution >= 0.6 is 37.9 Å². The van der Waals surface area contributed by atoms with E-state index in [1.54, 1.807) is 0 Å². The first-order valence-corrected chi connectivity index (χ1v) is 5.82. The molecule has 0 aliphatic heterocycles. The maximum atomic E-state index is 10.8. The largest absolute Gasteiger partial charge is 0.463 e. The van der Waals surface area contributed by atoms with Gasteiger partial charge in [0.05, 0.1) is 12.0 Å². The topological polar surface area (TPSA) is 87.0 Å². The third-order valence-corrected chi connectivity index (χ3v) is 3.67. The molecule has 0 bridgehead atoms. The molecule has 0 aromatic heterocycles. The first-order chi connectivity index (χ1) is 7.33. The van der Waals surface area contributed by atoms with E-state index in [1.807, 2.05) is 0 Å². The molecule has 0 spiro atoms. The molecule has 0 saturated heterocycles. The van der Waals surface area contributed by atoms with E-state index in [-0.39, 0.29) is 19.6 Å². The van der Waals surface area contributed by atoms with E-state index in [0.717, 1.165) is 0 Å². The fourth-order valence-corrected chi connectivity index (χ4v) is 1.79. The lowest BCUT2D eigenvalue weighted by Gasteiger charge is -2.39. The van der Waals surface area contributed by atoms with Crippen molar-refractivity contribution in [1.29, 1.82) is 0 Å². The summed E-state index contributed by atoms with van der Waals surface area (Å²) in [6.45, 7) is -1.64. The first kappa shape index (κ1) is 16.4. The zero-order valence-corrected chi connectivity index (χ0v) is 11.2. The first-order valence-electron chi connectivity index (χ1n) is 4.48. The summed E-state index contributed by atoms with van der Waals surface area (Å²) in [4.78, 5) is 10.8. The molecule has 0 aliphatic carbocycles. The van der Waals surface area contributed by atoms with Crippen LogP contribution in [0.3, 0.4) is 0 Å². The maximum Gasteiger partial charge on any atom is 0.331 e. The van der Waals surface area contributed by atoms with Gasteiger partial charge < -0.3 is 20.1 Å². The minimum atomic E-state index is -1.24. The maximum absolute atomic E-state index is 10.8. The third-order valence-electron chi connectivity index (χ3n) is 2.24. The second-order valence-electron chi connectivity index (χ2n) is 3.37. The lowest BCUT2D eigenvalue weighted by Crippen LogP contribution is -2.45. The Morgan fingerprint density at radius 3 is 2.06 bits per heavy atom. The molecule has 0 aromatic rings. The highest BCUT2D eigenvalue weighted by Gasteiger charge is 2.45. The van der Waals surface area contributed by atoms with Crippen molar-refractivity contribution >= 4 is 43.9 Å². The minimum Gasteiger partial charge on any atom is -0.463 e. The SMILES string of the molecule is O=C(CO)OCC(CO)(CCO)C(S)(S)S. The van der Waals surface area contributed by atoms with Gasteiger partial charge in [0.25, 0.3) is 0 Å². The predicted molar refractivity (Wildman–Crippen MR) is 69.0 cm³/mol. The quantitative estimate of drug-likeness (QED) is 0.212. The van der Waals surface area contributed by atoms with Gasteiger partial charge in [-0.05, 0) is 6.42 Å². The molecule has 0 fully saturated rings. The Morgan fingerprint density at radius 1 is 1.19 bits per heavy atom.